The summed E-state index contributed by atoms with van der Waals surface area (Å²) in [5, 5.41) is 22.7. The van der Waals surface area contributed by atoms with Crippen molar-refractivity contribution in [1.29, 1.82) is 0 Å². The van der Waals surface area contributed by atoms with Gasteiger partial charge in [0, 0.05) is 5.56 Å². The van der Waals surface area contributed by atoms with E-state index >= 15 is 0 Å². The highest BCUT2D eigenvalue weighted by Crippen LogP contribution is 2.26. The molecule has 0 heterocycles. The Morgan fingerprint density at radius 3 is 2.82 bits per heavy atom. The van der Waals surface area contributed by atoms with Crippen molar-refractivity contribution in [1.82, 2.24) is 5.43 Å². The van der Waals surface area contributed by atoms with Crippen LogP contribution in [0.1, 0.15) is 22.8 Å². The van der Waals surface area contributed by atoms with Gasteiger partial charge in [0.05, 0.1) is 12.8 Å². The monoisotopic (exact) mass is 300 g/mol. The molecule has 0 aromatic heterocycles. The third-order valence-corrected chi connectivity index (χ3v) is 2.77. The Hall–Kier alpha value is -3.02. The molecule has 0 aliphatic rings. The minimum Gasteiger partial charge on any atom is -0.508 e. The van der Waals surface area contributed by atoms with Crippen LogP contribution in [0, 0.1) is 0 Å². The number of ether oxygens (including phenoxy) is 1. The van der Waals surface area contributed by atoms with E-state index in [0.29, 0.717) is 23.5 Å². The zero-order valence-electron chi connectivity index (χ0n) is 12.0. The highest BCUT2D eigenvalue weighted by Gasteiger charge is 2.05. The van der Waals surface area contributed by atoms with Gasteiger partial charge in [-0.25, -0.2) is 5.43 Å². The average molecular weight is 300 g/mol. The van der Waals surface area contributed by atoms with Crippen LogP contribution in [0.4, 0.5) is 0 Å². The van der Waals surface area contributed by atoms with Crippen molar-refractivity contribution in [3.63, 3.8) is 0 Å². The standard InChI is InChI=1S/C16H16N2O4/c1-2-22-15-8-11(6-7-14(15)20)10-17-18-16(21)12-4-3-5-13(19)9-12/h3-10,19-20H,2H2,1H3,(H,18,21). The molecule has 0 unspecified atom stereocenters. The molecule has 1 amide bonds. The summed E-state index contributed by atoms with van der Waals surface area (Å²) in [6, 6.07) is 10.7. The van der Waals surface area contributed by atoms with Crippen LogP contribution in [-0.4, -0.2) is 28.9 Å². The number of benzene rings is 2. The number of carbonyl (C=O) groups excluding carboxylic acids is 1. The van der Waals surface area contributed by atoms with E-state index in [1.807, 2.05) is 6.92 Å². The second kappa shape index (κ2) is 7.12. The highest BCUT2D eigenvalue weighted by molar-refractivity contribution is 5.95. The number of carbonyl (C=O) groups is 1. The van der Waals surface area contributed by atoms with Crippen molar-refractivity contribution >= 4 is 12.1 Å². The lowest BCUT2D eigenvalue weighted by Crippen LogP contribution is -2.17. The maximum atomic E-state index is 11.8. The fourth-order valence-corrected chi connectivity index (χ4v) is 1.76. The third-order valence-electron chi connectivity index (χ3n) is 2.77. The lowest BCUT2D eigenvalue weighted by molar-refractivity contribution is 0.0954. The normalized spacial score (nSPS) is 10.6. The van der Waals surface area contributed by atoms with Gasteiger partial charge in [0.2, 0.25) is 0 Å². The summed E-state index contributed by atoms with van der Waals surface area (Å²) in [7, 11) is 0. The summed E-state index contributed by atoms with van der Waals surface area (Å²) < 4.78 is 5.26. The van der Waals surface area contributed by atoms with Crippen molar-refractivity contribution in [3.05, 3.63) is 53.6 Å². The Labute approximate surface area is 127 Å². The second-order valence-corrected chi connectivity index (χ2v) is 4.41. The topological polar surface area (TPSA) is 91.2 Å². The molecule has 2 rings (SSSR count). The van der Waals surface area contributed by atoms with Gasteiger partial charge >= 0.3 is 0 Å². The summed E-state index contributed by atoms with van der Waals surface area (Å²) in [5.41, 5.74) is 3.32. The minimum atomic E-state index is -0.434. The van der Waals surface area contributed by atoms with E-state index in [2.05, 4.69) is 10.5 Å². The number of nitrogens with zero attached hydrogens (tertiary/aromatic N) is 1. The molecule has 6 heteroatoms. The first-order chi connectivity index (χ1) is 10.6. The van der Waals surface area contributed by atoms with Gasteiger partial charge in [0.1, 0.15) is 5.75 Å². The summed E-state index contributed by atoms with van der Waals surface area (Å²) in [6.45, 7) is 2.25. The summed E-state index contributed by atoms with van der Waals surface area (Å²) in [4.78, 5) is 11.8. The van der Waals surface area contributed by atoms with Gasteiger partial charge in [-0.15, -0.1) is 0 Å². The number of phenols is 2. The predicted molar refractivity (Wildman–Crippen MR) is 82.4 cm³/mol. The van der Waals surface area contributed by atoms with Crippen molar-refractivity contribution in [2.24, 2.45) is 5.10 Å². The summed E-state index contributed by atoms with van der Waals surface area (Å²) in [5.74, 6) is -0.0268. The van der Waals surface area contributed by atoms with Crippen LogP contribution < -0.4 is 10.2 Å². The number of hydrazone groups is 1. The number of rotatable bonds is 5. The van der Waals surface area contributed by atoms with Crippen LogP contribution in [0.3, 0.4) is 0 Å². The molecule has 0 saturated heterocycles. The molecule has 0 atom stereocenters. The van der Waals surface area contributed by atoms with Crippen LogP contribution in [0.5, 0.6) is 17.2 Å². The molecular formula is C16H16N2O4. The molecule has 0 radical (unpaired) electrons. The summed E-state index contributed by atoms with van der Waals surface area (Å²) >= 11 is 0. The lowest BCUT2D eigenvalue weighted by Gasteiger charge is -2.06. The van der Waals surface area contributed by atoms with Crippen molar-refractivity contribution in [2.75, 3.05) is 6.61 Å². The van der Waals surface area contributed by atoms with Crippen LogP contribution in [0.2, 0.25) is 0 Å². The minimum absolute atomic E-state index is 0.0107. The quantitative estimate of drug-likeness (QED) is 0.583. The maximum Gasteiger partial charge on any atom is 0.271 e. The Balaban J connectivity index is 2.03. The Morgan fingerprint density at radius 2 is 2.09 bits per heavy atom. The number of amides is 1. The molecule has 2 aromatic rings. The zero-order chi connectivity index (χ0) is 15.9. The van der Waals surface area contributed by atoms with Crippen LogP contribution in [0.25, 0.3) is 0 Å². The summed E-state index contributed by atoms with van der Waals surface area (Å²) in [6.07, 6.45) is 1.43. The average Bonchev–Trinajstić information content (AvgIpc) is 2.50. The van der Waals surface area contributed by atoms with Crippen molar-refractivity contribution in [2.45, 2.75) is 6.92 Å². The predicted octanol–water partition coefficient (Wildman–Crippen LogP) is 2.26. The Morgan fingerprint density at radius 1 is 1.27 bits per heavy atom. The number of nitrogens with one attached hydrogen (secondary N) is 1. The van der Waals surface area contributed by atoms with Crippen LogP contribution in [0.15, 0.2) is 47.6 Å². The van der Waals surface area contributed by atoms with Gasteiger partial charge in [-0.3, -0.25) is 4.79 Å². The molecule has 22 heavy (non-hydrogen) atoms. The van der Waals surface area contributed by atoms with Crippen LogP contribution in [-0.2, 0) is 0 Å². The first-order valence-electron chi connectivity index (χ1n) is 6.68. The first-order valence-corrected chi connectivity index (χ1v) is 6.68. The largest absolute Gasteiger partial charge is 0.508 e. The maximum absolute atomic E-state index is 11.8. The zero-order valence-corrected chi connectivity index (χ0v) is 12.0. The molecule has 0 fully saturated rings. The van der Waals surface area contributed by atoms with Crippen LogP contribution >= 0.6 is 0 Å². The number of hydrogen-bond acceptors (Lipinski definition) is 5. The number of phenolic OH excluding ortho intramolecular Hbond substituents is 2. The van der Waals surface area contributed by atoms with E-state index in [0.717, 1.165) is 0 Å². The number of hydrogen-bond donors (Lipinski definition) is 3. The molecule has 114 valence electrons. The lowest BCUT2D eigenvalue weighted by atomic mass is 10.2. The van der Waals surface area contributed by atoms with Crippen molar-refractivity contribution < 1.29 is 19.7 Å². The Kier molecular flexibility index (Phi) is 4.98. The van der Waals surface area contributed by atoms with E-state index < -0.39 is 5.91 Å². The Bertz CT molecular complexity index is 698. The van der Waals surface area contributed by atoms with E-state index in [1.54, 1.807) is 24.3 Å². The molecule has 6 nitrogen and oxygen atoms in total. The smallest absolute Gasteiger partial charge is 0.271 e. The van der Waals surface area contributed by atoms with E-state index in [1.165, 1.54) is 24.4 Å². The third kappa shape index (κ3) is 3.99. The van der Waals surface area contributed by atoms with E-state index in [4.69, 9.17) is 4.74 Å². The molecule has 0 bridgehead atoms. The molecule has 3 N–H and O–H groups in total. The molecule has 0 aliphatic heterocycles. The first kappa shape index (κ1) is 15.4. The molecule has 0 saturated carbocycles. The van der Waals surface area contributed by atoms with Gasteiger partial charge in [0.15, 0.2) is 11.5 Å². The van der Waals surface area contributed by atoms with Crippen molar-refractivity contribution in [3.8, 4) is 17.2 Å². The highest BCUT2D eigenvalue weighted by atomic mass is 16.5. The SMILES string of the molecule is CCOc1cc(C=NNC(=O)c2cccc(O)c2)ccc1O. The number of aromatic hydroxyl groups is 2. The van der Waals surface area contributed by atoms with E-state index in [-0.39, 0.29) is 11.5 Å². The second-order valence-electron chi connectivity index (χ2n) is 4.41. The fraction of sp³-hybridized carbons (Fsp3) is 0.125. The van der Waals surface area contributed by atoms with Gasteiger partial charge in [0.25, 0.3) is 5.91 Å². The molecular weight excluding hydrogens is 284 g/mol. The molecule has 2 aromatic carbocycles. The van der Waals surface area contributed by atoms with Gasteiger partial charge in [-0.1, -0.05) is 6.07 Å². The van der Waals surface area contributed by atoms with Gasteiger partial charge < -0.3 is 14.9 Å². The molecule has 0 spiro atoms. The van der Waals surface area contributed by atoms with Gasteiger partial charge in [-0.05, 0) is 48.9 Å². The molecule has 0 aliphatic carbocycles. The van der Waals surface area contributed by atoms with Gasteiger partial charge in [-0.2, -0.15) is 5.10 Å². The fourth-order valence-electron chi connectivity index (χ4n) is 1.76. The van der Waals surface area contributed by atoms with E-state index in [9.17, 15) is 15.0 Å².